The minimum absolute atomic E-state index is 0.118. The van der Waals surface area contributed by atoms with E-state index in [9.17, 15) is 0 Å². The Labute approximate surface area is 148 Å². The fraction of sp³-hybridized carbons (Fsp3) is 0.333. The van der Waals surface area contributed by atoms with Crippen molar-refractivity contribution in [3.8, 4) is 0 Å². The van der Waals surface area contributed by atoms with Crippen molar-refractivity contribution in [2.45, 2.75) is 19.0 Å². The zero-order valence-corrected chi connectivity index (χ0v) is 15.7. The van der Waals surface area contributed by atoms with Crippen LogP contribution in [0.3, 0.4) is 0 Å². The molecule has 2 atom stereocenters. The molecule has 0 aliphatic rings. The van der Waals surface area contributed by atoms with Crippen LogP contribution in [-0.2, 0) is 0 Å². The van der Waals surface area contributed by atoms with Gasteiger partial charge in [-0.1, -0.05) is 35.3 Å². The molecule has 1 aromatic carbocycles. The van der Waals surface area contributed by atoms with Gasteiger partial charge in [0.25, 0.3) is 0 Å². The van der Waals surface area contributed by atoms with E-state index in [1.807, 2.05) is 24.3 Å². The van der Waals surface area contributed by atoms with Crippen molar-refractivity contribution >= 4 is 50.5 Å². The van der Waals surface area contributed by atoms with Gasteiger partial charge in [-0.3, -0.25) is 4.90 Å². The maximum atomic E-state index is 6.15. The number of nitrogens with two attached hydrogens (primary N) is 1. The van der Waals surface area contributed by atoms with Gasteiger partial charge in [-0.25, -0.2) is 0 Å². The van der Waals surface area contributed by atoms with Gasteiger partial charge in [0.15, 0.2) is 0 Å². The summed E-state index contributed by atoms with van der Waals surface area (Å²) in [7, 11) is 2.07. The average Bonchev–Trinajstić information content (AvgIpc) is 2.78. The molecule has 0 radical (unpaired) electrons. The van der Waals surface area contributed by atoms with Gasteiger partial charge in [-0.2, -0.15) is 0 Å². The lowest BCUT2D eigenvalue weighted by Crippen LogP contribution is -2.32. The zero-order valence-electron chi connectivity index (χ0n) is 11.8. The summed E-state index contributed by atoms with van der Waals surface area (Å²) in [4.78, 5) is 3.41. The molecule has 2 unspecified atom stereocenters. The van der Waals surface area contributed by atoms with Gasteiger partial charge < -0.3 is 5.73 Å². The maximum Gasteiger partial charge on any atom is 0.107 e. The predicted molar refractivity (Wildman–Crippen MR) is 96.5 cm³/mol. The molecule has 0 aliphatic heterocycles. The number of hydrogen-bond acceptors (Lipinski definition) is 3. The monoisotopic (exact) mass is 406 g/mol. The summed E-state index contributed by atoms with van der Waals surface area (Å²) in [5, 5.41) is 0.749. The molecule has 114 valence electrons. The summed E-state index contributed by atoms with van der Waals surface area (Å²) in [6, 6.07) is 10.3. The summed E-state index contributed by atoms with van der Waals surface area (Å²) in [6.45, 7) is 2.68. The molecular weight excluding hydrogens is 391 g/mol. The van der Waals surface area contributed by atoms with E-state index >= 15 is 0 Å². The number of nitrogens with zero attached hydrogens (tertiary/aromatic N) is 1. The maximum absolute atomic E-state index is 6.15. The molecule has 0 amide bonds. The molecule has 2 nitrogen and oxygen atoms in total. The summed E-state index contributed by atoms with van der Waals surface area (Å²) < 4.78 is 1.68. The minimum Gasteiger partial charge on any atom is -0.329 e. The Morgan fingerprint density at radius 3 is 2.57 bits per heavy atom. The molecule has 0 bridgehead atoms. The highest BCUT2D eigenvalue weighted by atomic mass is 79.9. The van der Waals surface area contributed by atoms with Crippen LogP contribution in [0.1, 0.15) is 29.4 Å². The third-order valence-corrected chi connectivity index (χ3v) is 6.46. The molecule has 2 rings (SSSR count). The number of benzene rings is 1. The van der Waals surface area contributed by atoms with Gasteiger partial charge in [0.05, 0.1) is 6.04 Å². The van der Waals surface area contributed by atoms with Crippen LogP contribution in [0.5, 0.6) is 0 Å². The minimum atomic E-state index is 0.118. The van der Waals surface area contributed by atoms with Crippen LogP contribution in [-0.4, -0.2) is 18.5 Å². The van der Waals surface area contributed by atoms with E-state index in [2.05, 4.69) is 40.9 Å². The third-order valence-electron chi connectivity index (χ3n) is 3.65. The molecule has 0 fully saturated rings. The Balaban J connectivity index is 2.25. The average molecular weight is 408 g/mol. The van der Waals surface area contributed by atoms with Gasteiger partial charge in [0.2, 0.25) is 0 Å². The number of thiophene rings is 1. The zero-order chi connectivity index (χ0) is 15.6. The number of likely N-dealkylation sites (N-methyl/N-ethyl adjacent to an activating group) is 1. The van der Waals surface area contributed by atoms with Crippen LogP contribution < -0.4 is 5.73 Å². The topological polar surface area (TPSA) is 29.3 Å². The van der Waals surface area contributed by atoms with E-state index in [-0.39, 0.29) is 12.1 Å². The molecule has 0 spiro atoms. The van der Waals surface area contributed by atoms with Gasteiger partial charge in [-0.05, 0) is 53.7 Å². The Kier molecular flexibility index (Phi) is 6.12. The molecular formula is C15H17BrCl2N2S. The van der Waals surface area contributed by atoms with Crippen LogP contribution in [0, 0.1) is 0 Å². The van der Waals surface area contributed by atoms with E-state index in [0.717, 1.165) is 18.7 Å². The first-order valence-electron chi connectivity index (χ1n) is 6.56. The molecule has 2 N–H and O–H groups in total. The van der Waals surface area contributed by atoms with Crippen molar-refractivity contribution in [2.24, 2.45) is 5.73 Å². The van der Waals surface area contributed by atoms with E-state index < -0.39 is 0 Å². The molecule has 21 heavy (non-hydrogen) atoms. The van der Waals surface area contributed by atoms with Crippen LogP contribution in [0.4, 0.5) is 0 Å². The molecule has 6 heteroatoms. The first-order chi connectivity index (χ1) is 9.93. The summed E-state index contributed by atoms with van der Waals surface area (Å²) >= 11 is 17.2. The second kappa shape index (κ2) is 7.44. The smallest absolute Gasteiger partial charge is 0.107 e. The van der Waals surface area contributed by atoms with E-state index in [0.29, 0.717) is 6.54 Å². The van der Waals surface area contributed by atoms with Gasteiger partial charge in [0, 0.05) is 27.0 Å². The lowest BCUT2D eigenvalue weighted by molar-refractivity contribution is 0.193. The van der Waals surface area contributed by atoms with Crippen molar-refractivity contribution in [3.05, 3.63) is 54.6 Å². The second-order valence-electron chi connectivity index (χ2n) is 4.92. The normalized spacial score (nSPS) is 14.4. The Morgan fingerprint density at radius 1 is 1.33 bits per heavy atom. The third kappa shape index (κ3) is 4.01. The number of rotatable bonds is 5. The van der Waals surface area contributed by atoms with Crippen LogP contribution in [0.25, 0.3) is 0 Å². The lowest BCUT2D eigenvalue weighted by atomic mass is 10.0. The highest BCUT2D eigenvalue weighted by molar-refractivity contribution is 9.10. The highest BCUT2D eigenvalue weighted by Gasteiger charge is 2.24. The Bertz CT molecular complexity index is 598. The molecule has 2 aromatic rings. The van der Waals surface area contributed by atoms with Crippen LogP contribution in [0.15, 0.2) is 34.8 Å². The highest BCUT2D eigenvalue weighted by Crippen LogP contribution is 2.38. The van der Waals surface area contributed by atoms with Crippen molar-refractivity contribution in [1.82, 2.24) is 4.90 Å². The van der Waals surface area contributed by atoms with Crippen LogP contribution >= 0.6 is 50.5 Å². The first kappa shape index (κ1) is 17.3. The second-order valence-corrected chi connectivity index (χ2v) is 7.89. The van der Waals surface area contributed by atoms with E-state index in [4.69, 9.17) is 28.9 Å². The van der Waals surface area contributed by atoms with E-state index in [1.54, 1.807) is 11.3 Å². The van der Waals surface area contributed by atoms with E-state index in [1.165, 1.54) is 5.56 Å². The quantitative estimate of drug-likeness (QED) is 0.707. The Morgan fingerprint density at radius 2 is 2.05 bits per heavy atom. The first-order valence-corrected chi connectivity index (χ1v) is 8.92. The van der Waals surface area contributed by atoms with Crippen molar-refractivity contribution in [2.75, 3.05) is 13.6 Å². The fourth-order valence-corrected chi connectivity index (χ4v) is 4.38. The summed E-state index contributed by atoms with van der Waals surface area (Å²) in [6.07, 6.45) is 0. The van der Waals surface area contributed by atoms with Gasteiger partial charge >= 0.3 is 0 Å². The lowest BCUT2D eigenvalue weighted by Gasteiger charge is -2.32. The number of hydrogen-bond donors (Lipinski definition) is 1. The van der Waals surface area contributed by atoms with Gasteiger partial charge in [0.1, 0.15) is 4.34 Å². The van der Waals surface area contributed by atoms with Crippen molar-refractivity contribution in [1.29, 1.82) is 0 Å². The summed E-state index contributed by atoms with van der Waals surface area (Å²) in [5.74, 6) is 0. The molecule has 0 saturated carbocycles. The molecule has 0 aliphatic carbocycles. The Hall–Kier alpha value is -0.100. The summed E-state index contributed by atoms with van der Waals surface area (Å²) in [5.41, 5.74) is 7.16. The fourth-order valence-electron chi connectivity index (χ4n) is 2.28. The predicted octanol–water partition coefficient (Wildman–Crippen LogP) is 5.51. The molecule has 1 aromatic heterocycles. The molecule has 1 heterocycles. The van der Waals surface area contributed by atoms with Crippen molar-refractivity contribution in [3.63, 3.8) is 0 Å². The SMILES string of the molecule is CC(c1cccc(Cl)c1)N(C)C(CN)c1cc(Br)c(Cl)s1. The standard InChI is InChI=1S/C15H17BrCl2N2S/c1-9(10-4-3-5-11(17)6-10)20(2)13(8-19)14-7-12(16)15(18)21-14/h3-7,9,13H,8,19H2,1-2H3. The van der Waals surface area contributed by atoms with Gasteiger partial charge in [-0.15, -0.1) is 11.3 Å². The number of halogens is 3. The van der Waals surface area contributed by atoms with Crippen molar-refractivity contribution < 1.29 is 0 Å². The van der Waals surface area contributed by atoms with Crippen LogP contribution in [0.2, 0.25) is 9.36 Å². The molecule has 0 saturated heterocycles. The largest absolute Gasteiger partial charge is 0.329 e.